The molecule has 0 aliphatic rings. The number of ether oxygens (including phenoxy) is 1. The largest absolute Gasteiger partial charge is 0.496 e. The monoisotopic (exact) mass is 288 g/mol. The average Bonchev–Trinajstić information content (AvgIpc) is 2.94. The van der Waals surface area contributed by atoms with Crippen molar-refractivity contribution in [2.24, 2.45) is 10.9 Å². The zero-order valence-electron chi connectivity index (χ0n) is 12.3. The molecule has 21 heavy (non-hydrogen) atoms. The van der Waals surface area contributed by atoms with Gasteiger partial charge in [0.1, 0.15) is 11.6 Å². The van der Waals surface area contributed by atoms with Gasteiger partial charge < -0.3 is 20.2 Å². The first-order chi connectivity index (χ1) is 10.2. The molecule has 6 heteroatoms. The Morgan fingerprint density at radius 3 is 2.95 bits per heavy atom. The summed E-state index contributed by atoms with van der Waals surface area (Å²) in [6.45, 7) is 2.81. The van der Waals surface area contributed by atoms with Gasteiger partial charge >= 0.3 is 0 Å². The van der Waals surface area contributed by atoms with Crippen LogP contribution < -0.4 is 10.5 Å². The summed E-state index contributed by atoms with van der Waals surface area (Å²) in [7, 11) is 1.55. The zero-order chi connectivity index (χ0) is 15.2. The number of aryl methyl sites for hydroxylation is 1. The van der Waals surface area contributed by atoms with Crippen LogP contribution in [0.4, 0.5) is 0 Å². The average molecular weight is 288 g/mol. The molecule has 0 saturated heterocycles. The maximum atomic E-state index is 8.86. The van der Waals surface area contributed by atoms with Gasteiger partial charge in [-0.05, 0) is 24.1 Å². The predicted molar refractivity (Wildman–Crippen MR) is 80.8 cm³/mol. The maximum absolute atomic E-state index is 8.86. The van der Waals surface area contributed by atoms with E-state index >= 15 is 0 Å². The first kappa shape index (κ1) is 14.9. The molecule has 2 aromatic rings. The van der Waals surface area contributed by atoms with Crippen LogP contribution in [0.1, 0.15) is 30.3 Å². The Bertz CT molecular complexity index is 634. The van der Waals surface area contributed by atoms with Crippen LogP contribution in [-0.2, 0) is 13.0 Å². The number of rotatable bonds is 6. The number of hydrogen-bond donors (Lipinski definition) is 2. The Labute approximate surface area is 123 Å². The lowest BCUT2D eigenvalue weighted by Crippen LogP contribution is -2.15. The van der Waals surface area contributed by atoms with Crippen molar-refractivity contribution in [3.8, 4) is 5.75 Å². The van der Waals surface area contributed by atoms with Gasteiger partial charge in [-0.3, -0.25) is 0 Å². The molecule has 1 aromatic carbocycles. The highest BCUT2D eigenvalue weighted by Crippen LogP contribution is 2.20. The molecule has 0 atom stereocenters. The summed E-state index contributed by atoms with van der Waals surface area (Å²) in [4.78, 5) is 4.36. The number of oxime groups is 1. The molecule has 0 amide bonds. The molecule has 1 aromatic heterocycles. The van der Waals surface area contributed by atoms with E-state index in [9.17, 15) is 0 Å². The lowest BCUT2D eigenvalue weighted by molar-refractivity contribution is 0.318. The summed E-state index contributed by atoms with van der Waals surface area (Å²) in [5.41, 5.74) is 7.30. The van der Waals surface area contributed by atoms with E-state index in [2.05, 4.69) is 21.6 Å². The highest BCUT2D eigenvalue weighted by Gasteiger charge is 2.10. The minimum atomic E-state index is 0.0353. The van der Waals surface area contributed by atoms with Crippen LogP contribution in [0.15, 0.2) is 35.7 Å². The van der Waals surface area contributed by atoms with Crippen molar-refractivity contribution in [2.75, 3.05) is 7.11 Å². The third-order valence-electron chi connectivity index (χ3n) is 3.28. The van der Waals surface area contributed by atoms with Crippen molar-refractivity contribution in [3.05, 3.63) is 47.5 Å². The van der Waals surface area contributed by atoms with Gasteiger partial charge in [0.2, 0.25) is 0 Å². The van der Waals surface area contributed by atoms with Crippen LogP contribution in [0.2, 0.25) is 0 Å². The summed E-state index contributed by atoms with van der Waals surface area (Å²) in [6.07, 6.45) is 5.75. The van der Waals surface area contributed by atoms with E-state index in [0.29, 0.717) is 17.9 Å². The minimum Gasteiger partial charge on any atom is -0.496 e. The molecular formula is C15H20N4O2. The van der Waals surface area contributed by atoms with E-state index in [1.807, 2.05) is 24.4 Å². The molecule has 0 aliphatic carbocycles. The Morgan fingerprint density at radius 1 is 1.48 bits per heavy atom. The summed E-state index contributed by atoms with van der Waals surface area (Å²) in [6, 6.07) is 5.64. The van der Waals surface area contributed by atoms with E-state index in [4.69, 9.17) is 15.7 Å². The highest BCUT2D eigenvalue weighted by molar-refractivity contribution is 5.99. The molecule has 0 bridgehead atoms. The number of hydrogen-bond acceptors (Lipinski definition) is 4. The first-order valence-electron chi connectivity index (χ1n) is 6.84. The van der Waals surface area contributed by atoms with Gasteiger partial charge in [0.15, 0.2) is 5.84 Å². The molecule has 2 rings (SSSR count). The van der Waals surface area contributed by atoms with Gasteiger partial charge in [-0.1, -0.05) is 18.1 Å². The van der Waals surface area contributed by atoms with Crippen molar-refractivity contribution in [3.63, 3.8) is 0 Å². The Hall–Kier alpha value is -2.50. The van der Waals surface area contributed by atoms with Crippen LogP contribution in [-0.4, -0.2) is 27.7 Å². The smallest absolute Gasteiger partial charge is 0.173 e. The quantitative estimate of drug-likeness (QED) is 0.368. The number of aromatic nitrogens is 2. The summed E-state index contributed by atoms with van der Waals surface area (Å²) in [5.74, 6) is 1.67. The predicted octanol–water partition coefficient (Wildman–Crippen LogP) is 1.99. The number of nitrogens with zero attached hydrogens (tertiary/aromatic N) is 3. The molecule has 0 saturated carbocycles. The number of benzene rings is 1. The maximum Gasteiger partial charge on any atom is 0.173 e. The lowest BCUT2D eigenvalue weighted by atomic mass is 10.1. The molecular weight excluding hydrogens is 268 g/mol. The fourth-order valence-electron chi connectivity index (χ4n) is 2.24. The van der Waals surface area contributed by atoms with Crippen LogP contribution in [0, 0.1) is 0 Å². The second-order valence-corrected chi connectivity index (χ2v) is 4.74. The molecule has 0 fully saturated rings. The molecule has 6 nitrogen and oxygen atoms in total. The SMILES string of the molecule is CCCc1nccn1Cc1ccc(OC)c(C(N)=NO)c1. The first-order valence-corrected chi connectivity index (χ1v) is 6.84. The zero-order valence-corrected chi connectivity index (χ0v) is 12.3. The van der Waals surface area contributed by atoms with Gasteiger partial charge in [0, 0.05) is 25.4 Å². The third kappa shape index (κ3) is 3.34. The van der Waals surface area contributed by atoms with Gasteiger partial charge in [0.25, 0.3) is 0 Å². The van der Waals surface area contributed by atoms with Gasteiger partial charge in [-0.2, -0.15) is 0 Å². The molecule has 0 radical (unpaired) electrons. The summed E-state index contributed by atoms with van der Waals surface area (Å²) >= 11 is 0. The fourth-order valence-corrected chi connectivity index (χ4v) is 2.24. The molecule has 1 heterocycles. The van der Waals surface area contributed by atoms with Crippen LogP contribution in [0.3, 0.4) is 0 Å². The number of methoxy groups -OCH3 is 1. The van der Waals surface area contributed by atoms with E-state index in [-0.39, 0.29) is 5.84 Å². The number of amidine groups is 1. The third-order valence-corrected chi connectivity index (χ3v) is 3.28. The van der Waals surface area contributed by atoms with E-state index < -0.39 is 0 Å². The van der Waals surface area contributed by atoms with E-state index in [0.717, 1.165) is 24.2 Å². The number of nitrogens with two attached hydrogens (primary N) is 1. The normalized spacial score (nSPS) is 11.6. The molecule has 3 N–H and O–H groups in total. The standard InChI is InChI=1S/C15H20N4O2/c1-3-4-14-17-7-8-19(14)10-11-5-6-13(21-2)12(9-11)15(16)18-20/h5-9,20H,3-4,10H2,1-2H3,(H2,16,18). The second-order valence-electron chi connectivity index (χ2n) is 4.74. The van der Waals surface area contributed by atoms with Crippen molar-refractivity contribution >= 4 is 5.84 Å². The summed E-state index contributed by atoms with van der Waals surface area (Å²) in [5, 5.41) is 11.9. The van der Waals surface area contributed by atoms with Crippen molar-refractivity contribution in [2.45, 2.75) is 26.3 Å². The molecule has 0 spiro atoms. The fraction of sp³-hybridized carbons (Fsp3) is 0.333. The Balaban J connectivity index is 2.30. The highest BCUT2D eigenvalue weighted by atomic mass is 16.5. The minimum absolute atomic E-state index is 0.0353. The Morgan fingerprint density at radius 2 is 2.29 bits per heavy atom. The Kier molecular flexibility index (Phi) is 4.81. The topological polar surface area (TPSA) is 85.7 Å². The van der Waals surface area contributed by atoms with Crippen molar-refractivity contribution in [1.82, 2.24) is 9.55 Å². The van der Waals surface area contributed by atoms with Crippen molar-refractivity contribution in [1.29, 1.82) is 0 Å². The van der Waals surface area contributed by atoms with Crippen molar-refractivity contribution < 1.29 is 9.94 Å². The van der Waals surface area contributed by atoms with Gasteiger partial charge in [0.05, 0.1) is 12.7 Å². The van der Waals surface area contributed by atoms with Crippen LogP contribution in [0.5, 0.6) is 5.75 Å². The van der Waals surface area contributed by atoms with E-state index in [1.54, 1.807) is 13.3 Å². The lowest BCUT2D eigenvalue weighted by Gasteiger charge is -2.11. The van der Waals surface area contributed by atoms with Crippen LogP contribution >= 0.6 is 0 Å². The van der Waals surface area contributed by atoms with E-state index in [1.165, 1.54) is 0 Å². The molecule has 112 valence electrons. The summed E-state index contributed by atoms with van der Waals surface area (Å²) < 4.78 is 7.33. The second kappa shape index (κ2) is 6.78. The van der Waals surface area contributed by atoms with Gasteiger partial charge in [-0.15, -0.1) is 0 Å². The van der Waals surface area contributed by atoms with Crippen LogP contribution in [0.25, 0.3) is 0 Å². The van der Waals surface area contributed by atoms with Gasteiger partial charge in [-0.25, -0.2) is 4.98 Å². The molecule has 0 aliphatic heterocycles. The number of imidazole rings is 1. The molecule has 0 unspecified atom stereocenters.